The molecule has 1 atom stereocenters. The van der Waals surface area contributed by atoms with Crippen molar-refractivity contribution in [3.63, 3.8) is 0 Å². The van der Waals surface area contributed by atoms with Crippen LogP contribution in [0.2, 0.25) is 0 Å². The van der Waals surface area contributed by atoms with E-state index in [-0.39, 0.29) is 7.24 Å². The second-order valence-corrected chi connectivity index (χ2v) is 6.36. The quantitative estimate of drug-likeness (QED) is 0.583. The van der Waals surface area contributed by atoms with Crippen molar-refractivity contribution < 1.29 is 5.82 Å². The van der Waals surface area contributed by atoms with E-state index < -0.39 is 0 Å². The number of fused-ring (bicyclic) bond motifs is 1. The van der Waals surface area contributed by atoms with Gasteiger partial charge in [-0.2, -0.15) is 0 Å². The Balaban J connectivity index is 0.00000208. The average Bonchev–Trinajstić information content (AvgIpc) is 2.97. The molecule has 2 aromatic carbocycles. The number of hydrogen-bond donors (Lipinski definition) is 0. The molecule has 1 heteroatoms. The molecule has 0 unspecified atom stereocenters. The molecule has 1 aliphatic carbocycles. The fourth-order valence-corrected chi connectivity index (χ4v) is 2.97. The van der Waals surface area contributed by atoms with Crippen LogP contribution in [0.4, 0.5) is 4.39 Å². The smallest absolute Gasteiger partial charge is 0.123 e. The van der Waals surface area contributed by atoms with E-state index in [0.29, 0.717) is 5.92 Å². The number of halogens is 1. The minimum Gasteiger partial charge on any atom is -0.207 e. The summed E-state index contributed by atoms with van der Waals surface area (Å²) < 4.78 is 13.1. The predicted molar refractivity (Wildman–Crippen MR) is 98.8 cm³/mol. The van der Waals surface area contributed by atoms with Crippen LogP contribution in [-0.4, -0.2) is 0 Å². The molecule has 0 radical (unpaired) electrons. The summed E-state index contributed by atoms with van der Waals surface area (Å²) in [6, 6.07) is 12.9. The van der Waals surface area contributed by atoms with E-state index in [1.54, 1.807) is 12.1 Å². The van der Waals surface area contributed by atoms with Gasteiger partial charge in [-0.1, -0.05) is 67.6 Å². The lowest BCUT2D eigenvalue weighted by atomic mass is 9.92. The summed E-state index contributed by atoms with van der Waals surface area (Å²) in [5, 5.41) is 0. The summed E-state index contributed by atoms with van der Waals surface area (Å²) in [6.07, 6.45) is 3.24. The molecule has 0 fully saturated rings. The Morgan fingerprint density at radius 1 is 1.09 bits per heavy atom. The molecule has 1 aliphatic rings. The highest BCUT2D eigenvalue weighted by Gasteiger charge is 2.18. The first kappa shape index (κ1) is 15.5. The third-order valence-corrected chi connectivity index (χ3v) is 4.71. The summed E-state index contributed by atoms with van der Waals surface area (Å²) in [6.45, 7) is 12.5. The van der Waals surface area contributed by atoms with Crippen molar-refractivity contribution >= 4 is 11.6 Å². The molecular weight excluding hydrogens is 283 g/mol. The minimum atomic E-state index is -0.224. The Bertz CT molecular complexity index is 812. The molecule has 0 N–H and O–H groups in total. The molecule has 2 aromatic rings. The van der Waals surface area contributed by atoms with Crippen LogP contribution in [0.25, 0.3) is 11.6 Å². The Labute approximate surface area is 139 Å². The van der Waals surface area contributed by atoms with Crippen molar-refractivity contribution in [2.45, 2.75) is 20.3 Å². The van der Waals surface area contributed by atoms with Gasteiger partial charge in [0.15, 0.2) is 0 Å². The summed E-state index contributed by atoms with van der Waals surface area (Å²) in [4.78, 5) is 0. The zero-order valence-corrected chi connectivity index (χ0v) is 13.7. The SMILES string of the molecule is C=C(c1ccc(F)cc1)c1ccc2c(c1)CC([C@@H](C)C(=C)C)=C2.[HH]. The first-order chi connectivity index (χ1) is 11.0. The van der Waals surface area contributed by atoms with E-state index in [2.05, 4.69) is 51.3 Å². The van der Waals surface area contributed by atoms with Crippen molar-refractivity contribution in [3.05, 3.63) is 94.8 Å². The van der Waals surface area contributed by atoms with Crippen molar-refractivity contribution in [2.24, 2.45) is 5.92 Å². The Morgan fingerprint density at radius 3 is 2.39 bits per heavy atom. The summed E-state index contributed by atoms with van der Waals surface area (Å²) in [5.74, 6) is 0.185. The second kappa shape index (κ2) is 6.00. The maximum absolute atomic E-state index is 13.1. The predicted octanol–water partition coefficient (Wildman–Crippen LogP) is 6.28. The van der Waals surface area contributed by atoms with E-state index in [4.69, 9.17) is 0 Å². The maximum atomic E-state index is 13.1. The van der Waals surface area contributed by atoms with Gasteiger partial charge in [0.25, 0.3) is 0 Å². The van der Waals surface area contributed by atoms with E-state index in [1.807, 2.05) is 0 Å². The topological polar surface area (TPSA) is 0 Å². The summed E-state index contributed by atoms with van der Waals surface area (Å²) >= 11 is 0. The van der Waals surface area contributed by atoms with E-state index >= 15 is 0 Å². The van der Waals surface area contributed by atoms with Crippen molar-refractivity contribution in [1.29, 1.82) is 0 Å². The van der Waals surface area contributed by atoms with Gasteiger partial charge in [-0.25, -0.2) is 4.39 Å². The van der Waals surface area contributed by atoms with Crippen LogP contribution < -0.4 is 0 Å². The number of allylic oxidation sites excluding steroid dienone is 2. The number of hydrogen-bond acceptors (Lipinski definition) is 0. The van der Waals surface area contributed by atoms with Gasteiger partial charge in [0.2, 0.25) is 0 Å². The van der Waals surface area contributed by atoms with Gasteiger partial charge in [-0.3, -0.25) is 0 Å². The molecule has 0 amide bonds. The lowest BCUT2D eigenvalue weighted by molar-refractivity contribution is 0.627. The molecule has 0 saturated carbocycles. The number of rotatable bonds is 4. The molecule has 0 nitrogen and oxygen atoms in total. The summed E-state index contributed by atoms with van der Waals surface area (Å²) in [7, 11) is 0. The molecule has 0 saturated heterocycles. The first-order valence-electron chi connectivity index (χ1n) is 7.89. The molecule has 0 heterocycles. The largest absolute Gasteiger partial charge is 0.207 e. The fourth-order valence-electron chi connectivity index (χ4n) is 2.97. The Hall–Kier alpha value is -2.41. The maximum Gasteiger partial charge on any atom is 0.123 e. The van der Waals surface area contributed by atoms with Crippen LogP contribution in [0.15, 0.2) is 66.8 Å². The molecule has 0 bridgehead atoms. The molecule has 23 heavy (non-hydrogen) atoms. The lowest BCUT2D eigenvalue weighted by Crippen LogP contribution is -2.00. The van der Waals surface area contributed by atoms with Gasteiger partial charge in [0.05, 0.1) is 0 Å². The zero-order chi connectivity index (χ0) is 16.6. The molecule has 0 spiro atoms. The number of benzene rings is 2. The van der Waals surface area contributed by atoms with E-state index in [9.17, 15) is 4.39 Å². The molecular formula is C22H23F. The van der Waals surface area contributed by atoms with Crippen LogP contribution in [0.5, 0.6) is 0 Å². The molecule has 3 rings (SSSR count). The third kappa shape index (κ3) is 3.05. The highest BCUT2D eigenvalue weighted by Crippen LogP contribution is 2.34. The normalized spacial score (nSPS) is 14.1. The van der Waals surface area contributed by atoms with Gasteiger partial charge >= 0.3 is 0 Å². The van der Waals surface area contributed by atoms with Crippen LogP contribution in [0, 0.1) is 11.7 Å². The van der Waals surface area contributed by atoms with E-state index in [1.165, 1.54) is 34.4 Å². The Morgan fingerprint density at radius 2 is 1.74 bits per heavy atom. The fraction of sp³-hybridized carbons (Fsp3) is 0.182. The first-order valence-corrected chi connectivity index (χ1v) is 7.89. The Kier molecular flexibility index (Phi) is 4.04. The molecule has 0 aromatic heterocycles. The van der Waals surface area contributed by atoms with Crippen molar-refractivity contribution in [3.8, 4) is 0 Å². The van der Waals surface area contributed by atoms with Gasteiger partial charge in [0, 0.05) is 1.43 Å². The van der Waals surface area contributed by atoms with Crippen LogP contribution >= 0.6 is 0 Å². The standard InChI is InChI=1S/C22H21F.H2/c1-14(2)15(3)20-12-19-6-5-18(11-21(19)13-20)16(4)17-7-9-22(23)10-8-17;/h5-12,15H,1,4,13H2,2-3H3;1H/t15-;/m0./s1. The van der Waals surface area contributed by atoms with Gasteiger partial charge in [-0.05, 0) is 59.2 Å². The van der Waals surface area contributed by atoms with Gasteiger partial charge < -0.3 is 0 Å². The second-order valence-electron chi connectivity index (χ2n) is 6.36. The zero-order valence-electron chi connectivity index (χ0n) is 13.7. The van der Waals surface area contributed by atoms with Gasteiger partial charge in [0.1, 0.15) is 5.82 Å². The minimum absolute atomic E-state index is 0. The van der Waals surface area contributed by atoms with Crippen LogP contribution in [0.3, 0.4) is 0 Å². The summed E-state index contributed by atoms with van der Waals surface area (Å²) in [5.41, 5.74) is 8.18. The third-order valence-electron chi connectivity index (χ3n) is 4.71. The molecule has 118 valence electrons. The van der Waals surface area contributed by atoms with Crippen LogP contribution in [0.1, 0.15) is 37.5 Å². The monoisotopic (exact) mass is 306 g/mol. The lowest BCUT2D eigenvalue weighted by Gasteiger charge is -2.12. The highest BCUT2D eigenvalue weighted by atomic mass is 19.1. The van der Waals surface area contributed by atoms with Crippen molar-refractivity contribution in [2.75, 3.05) is 0 Å². The highest BCUT2D eigenvalue weighted by molar-refractivity contribution is 5.80. The molecule has 0 aliphatic heterocycles. The van der Waals surface area contributed by atoms with Gasteiger partial charge in [-0.15, -0.1) is 0 Å². The van der Waals surface area contributed by atoms with Crippen LogP contribution in [-0.2, 0) is 6.42 Å². The van der Waals surface area contributed by atoms with E-state index in [0.717, 1.165) is 23.1 Å². The average molecular weight is 306 g/mol. The van der Waals surface area contributed by atoms with Crippen molar-refractivity contribution in [1.82, 2.24) is 0 Å².